The van der Waals surface area contributed by atoms with E-state index in [2.05, 4.69) is 206 Å². The summed E-state index contributed by atoms with van der Waals surface area (Å²) >= 11 is 0. The normalized spacial score (nSPS) is 11.8. The van der Waals surface area contributed by atoms with Gasteiger partial charge in [0.25, 0.3) is 0 Å². The van der Waals surface area contributed by atoms with Crippen molar-refractivity contribution in [3.8, 4) is 22.3 Å². The Balaban J connectivity index is 1.19. The molecule has 14 rings (SSSR count). The molecule has 0 unspecified atom stereocenters. The zero-order valence-corrected chi connectivity index (χ0v) is 39.2. The molecule has 0 aromatic heterocycles. The number of hydrogen-bond donors (Lipinski definition) is 0. The van der Waals surface area contributed by atoms with Crippen LogP contribution in [0.5, 0.6) is 0 Å². The highest BCUT2D eigenvalue weighted by Crippen LogP contribution is 2.43. The first kappa shape index (κ1) is 42.1. The Hall–Kier alpha value is -8.85. The fourth-order valence-corrected chi connectivity index (χ4v) is 12.3. The quantitative estimate of drug-likeness (QED) is 0.105. The fourth-order valence-electron chi connectivity index (χ4n) is 12.3. The SMILES string of the molecule is Fc1ccccc1-c1cc(B(c2cccc3ccccc23)c2cccc3ccccc23)c2ccc3c(-c4ccccc4F)cc(B(c4cccc5ccccc45)c4cccc5ccccc45)c4ccc1c2c43. The Morgan fingerprint density at radius 2 is 0.486 bits per heavy atom. The van der Waals surface area contributed by atoms with Gasteiger partial charge in [-0.3, -0.25) is 0 Å². The third kappa shape index (κ3) is 6.60. The highest BCUT2D eigenvalue weighted by atomic mass is 19.1. The van der Waals surface area contributed by atoms with Gasteiger partial charge in [0.2, 0.25) is 13.4 Å². The lowest BCUT2D eigenvalue weighted by atomic mass is 9.34. The van der Waals surface area contributed by atoms with Crippen LogP contribution in [-0.2, 0) is 0 Å². The molecule has 0 N–H and O–H groups in total. The molecule has 0 atom stereocenters. The highest BCUT2D eigenvalue weighted by molar-refractivity contribution is 7.00. The predicted molar refractivity (Wildman–Crippen MR) is 306 cm³/mol. The van der Waals surface area contributed by atoms with Crippen molar-refractivity contribution in [2.45, 2.75) is 0 Å². The average molecular weight is 919 g/mol. The second-order valence-electron chi connectivity index (χ2n) is 19.2. The van der Waals surface area contributed by atoms with Gasteiger partial charge in [-0.25, -0.2) is 8.78 Å². The van der Waals surface area contributed by atoms with Gasteiger partial charge in [-0.15, -0.1) is 0 Å². The van der Waals surface area contributed by atoms with Gasteiger partial charge in [-0.1, -0.05) is 275 Å². The van der Waals surface area contributed by atoms with Crippen molar-refractivity contribution in [2.75, 3.05) is 0 Å². The van der Waals surface area contributed by atoms with Gasteiger partial charge >= 0.3 is 0 Å². The van der Waals surface area contributed by atoms with Gasteiger partial charge in [0.05, 0.1) is 0 Å². The van der Waals surface area contributed by atoms with Crippen molar-refractivity contribution in [3.05, 3.63) is 266 Å². The molecule has 0 spiro atoms. The summed E-state index contributed by atoms with van der Waals surface area (Å²) in [5.74, 6) is -0.574. The molecule has 4 heteroatoms. The molecule has 0 saturated heterocycles. The molecule has 0 aliphatic heterocycles. The molecule has 14 aromatic rings. The van der Waals surface area contributed by atoms with Gasteiger partial charge < -0.3 is 0 Å². The Kier molecular flexibility index (Phi) is 9.89. The molecule has 14 aromatic carbocycles. The average Bonchev–Trinajstić information content (AvgIpc) is 3.44. The van der Waals surface area contributed by atoms with Crippen molar-refractivity contribution >= 4 is 122 Å². The molecule has 0 amide bonds. The van der Waals surface area contributed by atoms with Crippen LogP contribution >= 0.6 is 0 Å². The molecule has 334 valence electrons. The van der Waals surface area contributed by atoms with Crippen LogP contribution < -0.4 is 32.8 Å². The van der Waals surface area contributed by atoms with Crippen LogP contribution in [0.2, 0.25) is 0 Å². The smallest absolute Gasteiger partial charge is 0.206 e. The summed E-state index contributed by atoms with van der Waals surface area (Å²) in [6, 6.07) is 88.8. The number of rotatable bonds is 8. The summed E-state index contributed by atoms with van der Waals surface area (Å²) in [7, 11) is 0. The first-order chi connectivity index (χ1) is 35.6. The maximum absolute atomic E-state index is 16.8. The summed E-state index contributed by atoms with van der Waals surface area (Å²) < 4.78 is 33.6. The zero-order valence-electron chi connectivity index (χ0n) is 39.2. The summed E-state index contributed by atoms with van der Waals surface area (Å²) in [5, 5.41) is 15.3. The van der Waals surface area contributed by atoms with Gasteiger partial charge in [-0.05, 0) is 98.7 Å². The van der Waals surface area contributed by atoms with Crippen LogP contribution in [0.3, 0.4) is 0 Å². The molecule has 0 heterocycles. The summed E-state index contributed by atoms with van der Waals surface area (Å²) in [4.78, 5) is 0. The molecule has 0 radical (unpaired) electrons. The molecule has 0 nitrogen and oxygen atoms in total. The van der Waals surface area contributed by atoms with Crippen molar-refractivity contribution in [3.63, 3.8) is 0 Å². The van der Waals surface area contributed by atoms with E-state index in [0.29, 0.717) is 11.1 Å². The maximum Gasteiger partial charge on any atom is 0.243 e. The third-order valence-electron chi connectivity index (χ3n) is 15.5. The second kappa shape index (κ2) is 16.9. The number of hydrogen-bond acceptors (Lipinski definition) is 0. The number of fused-ring (bicyclic) bond motifs is 4. The summed E-state index contributed by atoms with van der Waals surface area (Å²) in [6.07, 6.45) is 0. The van der Waals surface area contributed by atoms with Crippen LogP contribution in [-0.4, -0.2) is 13.4 Å². The lowest BCUT2D eigenvalue weighted by Crippen LogP contribution is -2.53. The van der Waals surface area contributed by atoms with Crippen LogP contribution in [0.4, 0.5) is 8.78 Å². The lowest BCUT2D eigenvalue weighted by Gasteiger charge is -2.27. The largest absolute Gasteiger partial charge is 0.243 e. The third-order valence-corrected chi connectivity index (χ3v) is 15.5. The van der Waals surface area contributed by atoms with Crippen molar-refractivity contribution in [1.29, 1.82) is 0 Å². The monoisotopic (exact) mass is 918 g/mol. The van der Waals surface area contributed by atoms with Gasteiger partial charge in [0.15, 0.2) is 0 Å². The minimum Gasteiger partial charge on any atom is -0.206 e. The first-order valence-electron chi connectivity index (χ1n) is 24.8. The van der Waals surface area contributed by atoms with Crippen LogP contribution in [0.15, 0.2) is 255 Å². The van der Waals surface area contributed by atoms with E-state index in [0.717, 1.165) is 97.5 Å². The van der Waals surface area contributed by atoms with E-state index >= 15 is 8.78 Å². The van der Waals surface area contributed by atoms with Gasteiger partial charge in [0.1, 0.15) is 11.6 Å². The highest BCUT2D eigenvalue weighted by Gasteiger charge is 2.33. The first-order valence-corrected chi connectivity index (χ1v) is 24.8. The van der Waals surface area contributed by atoms with Crippen molar-refractivity contribution < 1.29 is 8.78 Å². The molecular weight excluding hydrogens is 876 g/mol. The van der Waals surface area contributed by atoms with E-state index < -0.39 is 0 Å². The van der Waals surface area contributed by atoms with Crippen molar-refractivity contribution in [2.24, 2.45) is 0 Å². The molecule has 0 fully saturated rings. The Morgan fingerprint density at radius 1 is 0.208 bits per heavy atom. The topological polar surface area (TPSA) is 0 Å². The minimum atomic E-state index is -0.287. The molecule has 0 saturated carbocycles. The maximum atomic E-state index is 16.8. The van der Waals surface area contributed by atoms with Gasteiger partial charge in [-0.2, -0.15) is 0 Å². The predicted octanol–water partition coefficient (Wildman–Crippen LogP) is 13.8. The van der Waals surface area contributed by atoms with E-state index in [1.54, 1.807) is 24.3 Å². The van der Waals surface area contributed by atoms with E-state index in [9.17, 15) is 0 Å². The fraction of sp³-hybridized carbons (Fsp3) is 0. The Bertz CT molecular complexity index is 4000. The molecule has 0 bridgehead atoms. The molecule has 0 aliphatic rings. The van der Waals surface area contributed by atoms with E-state index in [-0.39, 0.29) is 25.1 Å². The molecule has 0 aliphatic carbocycles. The number of benzene rings is 14. The Morgan fingerprint density at radius 3 is 0.819 bits per heavy atom. The van der Waals surface area contributed by atoms with Crippen molar-refractivity contribution in [1.82, 2.24) is 0 Å². The van der Waals surface area contributed by atoms with Crippen LogP contribution in [0.25, 0.3) is 97.7 Å². The van der Waals surface area contributed by atoms with E-state index in [1.807, 2.05) is 24.3 Å². The Labute approximate surface area is 417 Å². The molecule has 72 heavy (non-hydrogen) atoms. The van der Waals surface area contributed by atoms with E-state index in [1.165, 1.54) is 21.9 Å². The summed E-state index contributed by atoms with van der Waals surface area (Å²) in [6.45, 7) is -0.552. The molecular formula is C68H42B2F2. The number of halogens is 2. The summed E-state index contributed by atoms with van der Waals surface area (Å²) in [5.41, 5.74) is 9.49. The minimum absolute atomic E-state index is 0.276. The van der Waals surface area contributed by atoms with Gasteiger partial charge in [0, 0.05) is 11.1 Å². The second-order valence-corrected chi connectivity index (χ2v) is 19.2. The van der Waals surface area contributed by atoms with Crippen LogP contribution in [0, 0.1) is 11.6 Å². The zero-order chi connectivity index (χ0) is 47.9. The van der Waals surface area contributed by atoms with E-state index in [4.69, 9.17) is 0 Å². The van der Waals surface area contributed by atoms with Crippen LogP contribution in [0.1, 0.15) is 0 Å². The lowest BCUT2D eigenvalue weighted by molar-refractivity contribution is 0.631. The standard InChI is InChI=1S/C68H42B2F2/c71-65-35-11-9-29-51(65)57-41-63(69(59-31-13-21-43-17-1-5-25-47(43)59)60-32-14-22-44-18-2-6-26-48(44)60)55-39-37-54-58(52-30-10-12-36-66(52)72)42-64(56-40-38-53(57)67(55)68(54)56)70(61-33-15-23-45-19-3-7-27-49(45)61)62-34-16-24-46-20-4-8-28-50(46)62/h1-42H.